The maximum Gasteiger partial charge on any atom is 0.323 e. The van der Waals surface area contributed by atoms with Crippen molar-refractivity contribution in [3.8, 4) is 0 Å². The molecule has 1 saturated heterocycles. The molecule has 1 aliphatic carbocycles. The van der Waals surface area contributed by atoms with Gasteiger partial charge in [-0.2, -0.15) is 0 Å². The van der Waals surface area contributed by atoms with Crippen molar-refractivity contribution < 1.29 is 24.2 Å². The van der Waals surface area contributed by atoms with E-state index in [1.807, 2.05) is 0 Å². The first-order valence-corrected chi connectivity index (χ1v) is 8.51. The first kappa shape index (κ1) is 18.7. The Morgan fingerprint density at radius 2 is 1.96 bits per heavy atom. The van der Waals surface area contributed by atoms with Crippen LogP contribution in [0.5, 0.6) is 0 Å². The van der Waals surface area contributed by atoms with Crippen LogP contribution in [-0.4, -0.2) is 66.3 Å². The standard InChI is InChI=1S/C16H27N3O5/c1-10-5-3-4-6-12(10)17-16(23)18-14(21)9-19-8-11(20)7-13(19)15(22)24-2/h10-13,20H,3-9H2,1-2H3,(H2,17,18,21,23)/t10-,11+,12-,13-/m0/s1. The number of urea groups is 1. The second kappa shape index (κ2) is 8.43. The number of carbonyl (C=O) groups is 3. The monoisotopic (exact) mass is 341 g/mol. The van der Waals surface area contributed by atoms with Crippen LogP contribution in [0.15, 0.2) is 0 Å². The average molecular weight is 341 g/mol. The summed E-state index contributed by atoms with van der Waals surface area (Å²) in [5.41, 5.74) is 0. The number of amides is 3. The van der Waals surface area contributed by atoms with E-state index in [-0.39, 0.29) is 25.6 Å². The topological polar surface area (TPSA) is 108 Å². The molecule has 0 aromatic heterocycles. The highest BCUT2D eigenvalue weighted by Gasteiger charge is 2.37. The predicted octanol–water partition coefficient (Wildman–Crippen LogP) is -0.000900. The van der Waals surface area contributed by atoms with Gasteiger partial charge in [-0.25, -0.2) is 4.79 Å². The molecular formula is C16H27N3O5. The number of imide groups is 1. The maximum atomic E-state index is 12.0. The van der Waals surface area contributed by atoms with Gasteiger partial charge in [0.2, 0.25) is 5.91 Å². The lowest BCUT2D eigenvalue weighted by molar-refractivity contribution is -0.146. The summed E-state index contributed by atoms with van der Waals surface area (Å²) in [6.07, 6.45) is 3.79. The van der Waals surface area contributed by atoms with Crippen molar-refractivity contribution in [1.82, 2.24) is 15.5 Å². The molecule has 0 aromatic carbocycles. The van der Waals surface area contributed by atoms with Crippen molar-refractivity contribution in [3.63, 3.8) is 0 Å². The highest BCUT2D eigenvalue weighted by Crippen LogP contribution is 2.23. The van der Waals surface area contributed by atoms with Crippen molar-refractivity contribution in [1.29, 1.82) is 0 Å². The van der Waals surface area contributed by atoms with Crippen molar-refractivity contribution in [2.45, 2.75) is 57.2 Å². The number of aliphatic hydroxyl groups is 1. The zero-order chi connectivity index (χ0) is 17.7. The predicted molar refractivity (Wildman–Crippen MR) is 86.1 cm³/mol. The van der Waals surface area contributed by atoms with Gasteiger partial charge in [0.05, 0.1) is 19.8 Å². The largest absolute Gasteiger partial charge is 0.468 e. The van der Waals surface area contributed by atoms with Crippen LogP contribution in [0.4, 0.5) is 4.79 Å². The average Bonchev–Trinajstić information content (AvgIpc) is 2.89. The molecule has 1 heterocycles. The van der Waals surface area contributed by atoms with E-state index in [4.69, 9.17) is 0 Å². The highest BCUT2D eigenvalue weighted by atomic mass is 16.5. The number of hydrogen-bond donors (Lipinski definition) is 3. The molecule has 24 heavy (non-hydrogen) atoms. The lowest BCUT2D eigenvalue weighted by atomic mass is 9.86. The van der Waals surface area contributed by atoms with Gasteiger partial charge >= 0.3 is 12.0 Å². The van der Waals surface area contributed by atoms with Crippen LogP contribution in [0.25, 0.3) is 0 Å². The number of ether oxygens (including phenoxy) is 1. The minimum Gasteiger partial charge on any atom is -0.468 e. The van der Waals surface area contributed by atoms with E-state index in [0.29, 0.717) is 5.92 Å². The van der Waals surface area contributed by atoms with E-state index >= 15 is 0 Å². The molecule has 136 valence electrons. The summed E-state index contributed by atoms with van der Waals surface area (Å²) in [4.78, 5) is 37.2. The fraction of sp³-hybridized carbons (Fsp3) is 0.812. The van der Waals surface area contributed by atoms with Crippen molar-refractivity contribution >= 4 is 17.9 Å². The molecule has 0 aromatic rings. The quantitative estimate of drug-likeness (QED) is 0.621. The first-order chi connectivity index (χ1) is 11.4. The van der Waals surface area contributed by atoms with Gasteiger partial charge in [-0.3, -0.25) is 19.8 Å². The Bertz CT molecular complexity index is 484. The third kappa shape index (κ3) is 4.91. The summed E-state index contributed by atoms with van der Waals surface area (Å²) in [6.45, 7) is 2.16. The van der Waals surface area contributed by atoms with E-state index in [9.17, 15) is 19.5 Å². The van der Waals surface area contributed by atoms with Crippen LogP contribution in [0, 0.1) is 5.92 Å². The van der Waals surface area contributed by atoms with Crippen LogP contribution in [0.1, 0.15) is 39.0 Å². The van der Waals surface area contributed by atoms with Crippen LogP contribution < -0.4 is 10.6 Å². The lowest BCUT2D eigenvalue weighted by Gasteiger charge is -2.29. The number of likely N-dealkylation sites (tertiary alicyclic amines) is 1. The summed E-state index contributed by atoms with van der Waals surface area (Å²) < 4.78 is 4.68. The molecule has 1 aliphatic heterocycles. The molecule has 2 aliphatic rings. The fourth-order valence-corrected chi connectivity index (χ4v) is 3.52. The van der Waals surface area contributed by atoms with Gasteiger partial charge < -0.3 is 15.2 Å². The summed E-state index contributed by atoms with van der Waals surface area (Å²) in [6, 6.07) is -1.08. The highest BCUT2D eigenvalue weighted by molar-refractivity contribution is 5.95. The van der Waals surface area contributed by atoms with Crippen LogP contribution in [0.2, 0.25) is 0 Å². The van der Waals surface area contributed by atoms with Crippen molar-refractivity contribution in [2.24, 2.45) is 5.92 Å². The van der Waals surface area contributed by atoms with E-state index in [2.05, 4.69) is 22.3 Å². The van der Waals surface area contributed by atoms with E-state index in [0.717, 1.165) is 19.3 Å². The number of carbonyl (C=O) groups excluding carboxylic acids is 3. The number of nitrogens with zero attached hydrogens (tertiary/aromatic N) is 1. The van der Waals surface area contributed by atoms with E-state index < -0.39 is 30.1 Å². The van der Waals surface area contributed by atoms with Crippen LogP contribution >= 0.6 is 0 Å². The number of rotatable bonds is 4. The summed E-state index contributed by atoms with van der Waals surface area (Å²) >= 11 is 0. The second-order valence-electron chi connectivity index (χ2n) is 6.75. The molecule has 3 amide bonds. The Morgan fingerprint density at radius 3 is 2.62 bits per heavy atom. The third-order valence-corrected chi connectivity index (χ3v) is 4.88. The minimum atomic E-state index is -0.682. The number of nitrogens with one attached hydrogen (secondary N) is 2. The third-order valence-electron chi connectivity index (χ3n) is 4.88. The van der Waals surface area contributed by atoms with Crippen molar-refractivity contribution in [2.75, 3.05) is 20.2 Å². The van der Waals surface area contributed by atoms with Gasteiger partial charge in [0, 0.05) is 19.0 Å². The smallest absolute Gasteiger partial charge is 0.323 e. The molecule has 0 spiro atoms. The molecule has 8 nitrogen and oxygen atoms in total. The molecule has 3 N–H and O–H groups in total. The summed E-state index contributed by atoms with van der Waals surface area (Å²) in [5.74, 6) is -0.587. The zero-order valence-electron chi connectivity index (χ0n) is 14.3. The molecular weight excluding hydrogens is 314 g/mol. The SMILES string of the molecule is COC(=O)[C@@H]1C[C@@H](O)CN1CC(=O)NC(=O)N[C@H]1CCCC[C@@H]1C. The number of methoxy groups -OCH3 is 1. The molecule has 0 radical (unpaired) electrons. The number of esters is 1. The second-order valence-corrected chi connectivity index (χ2v) is 6.75. The first-order valence-electron chi connectivity index (χ1n) is 8.51. The lowest BCUT2D eigenvalue weighted by Crippen LogP contribution is -2.51. The van der Waals surface area contributed by atoms with E-state index in [1.165, 1.54) is 18.4 Å². The van der Waals surface area contributed by atoms with E-state index in [1.54, 1.807) is 0 Å². The summed E-state index contributed by atoms with van der Waals surface area (Å²) in [5, 5.41) is 14.8. The maximum absolute atomic E-state index is 12.0. The molecule has 0 unspecified atom stereocenters. The normalized spacial score (nSPS) is 30.6. The van der Waals surface area contributed by atoms with Gasteiger partial charge in [0.15, 0.2) is 0 Å². The zero-order valence-corrected chi connectivity index (χ0v) is 14.3. The van der Waals surface area contributed by atoms with Gasteiger partial charge in [-0.15, -0.1) is 0 Å². The molecule has 2 rings (SSSR count). The Morgan fingerprint density at radius 1 is 1.25 bits per heavy atom. The van der Waals surface area contributed by atoms with Crippen LogP contribution in [-0.2, 0) is 14.3 Å². The molecule has 0 bridgehead atoms. The Kier molecular flexibility index (Phi) is 6.56. The van der Waals surface area contributed by atoms with Crippen LogP contribution in [0.3, 0.4) is 0 Å². The van der Waals surface area contributed by atoms with Gasteiger partial charge in [0.25, 0.3) is 0 Å². The number of β-amino-alcohol motifs (C(OH)–C–C–N with tert-alkyl or cyclic N) is 1. The van der Waals surface area contributed by atoms with Gasteiger partial charge in [0.1, 0.15) is 6.04 Å². The molecule has 4 atom stereocenters. The Hall–Kier alpha value is -1.67. The molecule has 2 fully saturated rings. The fourth-order valence-electron chi connectivity index (χ4n) is 3.52. The minimum absolute atomic E-state index is 0.0861. The number of aliphatic hydroxyl groups excluding tert-OH is 1. The van der Waals surface area contributed by atoms with Gasteiger partial charge in [-0.1, -0.05) is 19.8 Å². The number of hydrogen-bond acceptors (Lipinski definition) is 6. The molecule has 1 saturated carbocycles. The van der Waals surface area contributed by atoms with Gasteiger partial charge in [-0.05, 0) is 18.8 Å². The summed E-state index contributed by atoms with van der Waals surface area (Å²) in [7, 11) is 1.27. The van der Waals surface area contributed by atoms with Crippen molar-refractivity contribution in [3.05, 3.63) is 0 Å². The Labute approximate surface area is 141 Å². The Balaban J connectivity index is 1.81. The molecule has 8 heteroatoms.